The molecule has 0 saturated carbocycles. The highest BCUT2D eigenvalue weighted by Gasteiger charge is 2.19. The highest BCUT2D eigenvalue weighted by Crippen LogP contribution is 2.25. The molecule has 0 radical (unpaired) electrons. The van der Waals surface area contributed by atoms with Crippen molar-refractivity contribution in [3.8, 4) is 11.6 Å². The van der Waals surface area contributed by atoms with Crippen molar-refractivity contribution in [3.05, 3.63) is 60.8 Å². The molecule has 0 spiro atoms. The second-order valence-corrected chi connectivity index (χ2v) is 6.66. The molecule has 24 heavy (non-hydrogen) atoms. The zero-order valence-electron chi connectivity index (χ0n) is 13.2. The first kappa shape index (κ1) is 16.0. The van der Waals surface area contributed by atoms with Crippen molar-refractivity contribution in [2.24, 2.45) is 0 Å². The number of methoxy groups -OCH3 is 1. The number of nitrogens with zero attached hydrogens (tertiary/aromatic N) is 3. The summed E-state index contributed by atoms with van der Waals surface area (Å²) >= 11 is 0. The van der Waals surface area contributed by atoms with Crippen molar-refractivity contribution in [3.63, 3.8) is 0 Å². The zero-order valence-corrected chi connectivity index (χ0v) is 14.0. The minimum atomic E-state index is -3.77. The number of hydrogen-bond donors (Lipinski definition) is 1. The largest absolute Gasteiger partial charge is 0.495 e. The number of aryl methyl sites for hydroxylation is 1. The first-order valence-corrected chi connectivity index (χ1v) is 8.62. The molecule has 0 fully saturated rings. The summed E-state index contributed by atoms with van der Waals surface area (Å²) in [6, 6.07) is 9.79. The summed E-state index contributed by atoms with van der Waals surface area (Å²) in [6.45, 7) is 1.86. The summed E-state index contributed by atoms with van der Waals surface area (Å²) in [5.41, 5.74) is 0.363. The van der Waals surface area contributed by atoms with Crippen LogP contribution in [0.4, 0.5) is 5.69 Å². The van der Waals surface area contributed by atoms with Gasteiger partial charge >= 0.3 is 0 Å². The van der Waals surface area contributed by atoms with Crippen molar-refractivity contribution < 1.29 is 13.2 Å². The number of anilines is 1. The maximum Gasteiger partial charge on any atom is 0.265 e. The molecule has 0 aliphatic rings. The van der Waals surface area contributed by atoms with Crippen LogP contribution in [0, 0.1) is 6.92 Å². The minimum absolute atomic E-state index is 0.0713. The molecule has 0 amide bonds. The Morgan fingerprint density at radius 3 is 2.54 bits per heavy atom. The molecule has 1 N–H and O–H groups in total. The Bertz CT molecular complexity index is 949. The molecule has 2 aromatic heterocycles. The van der Waals surface area contributed by atoms with E-state index in [1.807, 2.05) is 6.92 Å². The molecule has 124 valence electrons. The van der Waals surface area contributed by atoms with Gasteiger partial charge in [-0.1, -0.05) is 12.1 Å². The summed E-state index contributed by atoms with van der Waals surface area (Å²) in [7, 11) is -2.34. The second-order valence-electron chi connectivity index (χ2n) is 5.01. The first-order chi connectivity index (χ1) is 11.5. The number of ether oxygens (including phenoxy) is 1. The van der Waals surface area contributed by atoms with Crippen LogP contribution in [0.15, 0.2) is 59.9 Å². The third-order valence-corrected chi connectivity index (χ3v) is 4.85. The van der Waals surface area contributed by atoms with Gasteiger partial charge in [-0.2, -0.15) is 0 Å². The van der Waals surface area contributed by atoms with Crippen LogP contribution in [0.1, 0.15) is 5.82 Å². The SMILES string of the molecule is COc1ccccc1S(=O)(=O)Nc1ccc(-n2ccnc2C)nc1. The standard InChI is InChI=1S/C16H16N4O3S/c1-12-17-9-10-20(12)16-8-7-13(11-18-16)19-24(21,22)15-6-4-3-5-14(15)23-2/h3-11,19H,1-2H3. The van der Waals surface area contributed by atoms with Gasteiger partial charge in [-0.15, -0.1) is 0 Å². The number of rotatable bonds is 5. The molecule has 2 heterocycles. The fraction of sp³-hybridized carbons (Fsp3) is 0.125. The third kappa shape index (κ3) is 3.09. The van der Waals surface area contributed by atoms with Crippen LogP contribution in [-0.2, 0) is 10.0 Å². The molecule has 0 aliphatic heterocycles. The van der Waals surface area contributed by atoms with E-state index >= 15 is 0 Å². The molecule has 7 nitrogen and oxygen atoms in total. The summed E-state index contributed by atoms with van der Waals surface area (Å²) in [4.78, 5) is 8.47. The third-order valence-electron chi connectivity index (χ3n) is 3.43. The first-order valence-electron chi connectivity index (χ1n) is 7.13. The van der Waals surface area contributed by atoms with Crippen molar-refractivity contribution in [1.82, 2.24) is 14.5 Å². The average molecular weight is 344 g/mol. The quantitative estimate of drug-likeness (QED) is 0.768. The molecular weight excluding hydrogens is 328 g/mol. The van der Waals surface area contributed by atoms with Gasteiger partial charge < -0.3 is 4.74 Å². The fourth-order valence-corrected chi connectivity index (χ4v) is 3.47. The van der Waals surface area contributed by atoms with Crippen molar-refractivity contribution in [2.75, 3.05) is 11.8 Å². The molecule has 0 saturated heterocycles. The number of pyridine rings is 1. The topological polar surface area (TPSA) is 86.1 Å². The zero-order chi connectivity index (χ0) is 17.2. The molecule has 3 rings (SSSR count). The van der Waals surface area contributed by atoms with Crippen LogP contribution in [0.25, 0.3) is 5.82 Å². The van der Waals surface area contributed by atoms with E-state index in [1.54, 1.807) is 47.3 Å². The van der Waals surface area contributed by atoms with Gasteiger partial charge in [0, 0.05) is 12.4 Å². The smallest absolute Gasteiger partial charge is 0.265 e. The van der Waals surface area contributed by atoms with Gasteiger partial charge in [-0.3, -0.25) is 9.29 Å². The molecule has 1 aromatic carbocycles. The number of nitrogens with one attached hydrogen (secondary N) is 1. The van der Waals surface area contributed by atoms with E-state index in [9.17, 15) is 8.42 Å². The van der Waals surface area contributed by atoms with Crippen LogP contribution in [0.2, 0.25) is 0 Å². The Labute approximate surface area is 140 Å². The lowest BCUT2D eigenvalue weighted by molar-refractivity contribution is 0.403. The van der Waals surface area contributed by atoms with Gasteiger partial charge in [0.25, 0.3) is 10.0 Å². The van der Waals surface area contributed by atoms with E-state index in [2.05, 4.69) is 14.7 Å². The highest BCUT2D eigenvalue weighted by atomic mass is 32.2. The summed E-state index contributed by atoms with van der Waals surface area (Å²) in [5, 5.41) is 0. The number of aromatic nitrogens is 3. The number of imidazole rings is 1. The molecule has 0 aliphatic carbocycles. The van der Waals surface area contributed by atoms with E-state index in [0.717, 1.165) is 5.82 Å². The summed E-state index contributed by atoms with van der Waals surface area (Å²) < 4.78 is 34.4. The Morgan fingerprint density at radius 2 is 1.92 bits per heavy atom. The average Bonchev–Trinajstić information content (AvgIpc) is 3.01. The molecule has 0 atom stereocenters. The Balaban J connectivity index is 1.87. The van der Waals surface area contributed by atoms with Crippen molar-refractivity contribution >= 4 is 15.7 Å². The number of benzene rings is 1. The van der Waals surface area contributed by atoms with E-state index in [1.165, 1.54) is 19.4 Å². The van der Waals surface area contributed by atoms with Gasteiger partial charge in [0.15, 0.2) is 0 Å². The normalized spacial score (nSPS) is 11.2. The van der Waals surface area contributed by atoms with Crippen LogP contribution in [-0.4, -0.2) is 30.1 Å². The second kappa shape index (κ2) is 6.32. The number of para-hydroxylation sites is 1. The molecule has 3 aromatic rings. The Kier molecular flexibility index (Phi) is 4.22. The lowest BCUT2D eigenvalue weighted by Crippen LogP contribution is -2.14. The fourth-order valence-electron chi connectivity index (χ4n) is 2.26. The summed E-state index contributed by atoms with van der Waals surface area (Å²) in [6.07, 6.45) is 4.92. The molecular formula is C16H16N4O3S. The monoisotopic (exact) mass is 344 g/mol. The number of hydrogen-bond acceptors (Lipinski definition) is 5. The Morgan fingerprint density at radius 1 is 1.12 bits per heavy atom. The van der Waals surface area contributed by atoms with Gasteiger partial charge in [0.2, 0.25) is 0 Å². The predicted octanol–water partition coefficient (Wildman–Crippen LogP) is 2.39. The van der Waals surface area contributed by atoms with Crippen molar-refractivity contribution in [1.29, 1.82) is 0 Å². The molecule has 0 unspecified atom stereocenters. The van der Waals surface area contributed by atoms with Crippen LogP contribution >= 0.6 is 0 Å². The van der Waals surface area contributed by atoms with Crippen molar-refractivity contribution in [2.45, 2.75) is 11.8 Å². The minimum Gasteiger partial charge on any atom is -0.495 e. The number of sulfonamides is 1. The van der Waals surface area contributed by atoms with Crippen LogP contribution in [0.5, 0.6) is 5.75 Å². The molecule has 0 bridgehead atoms. The molecule has 8 heteroatoms. The van der Waals surface area contributed by atoms with Gasteiger partial charge in [0.1, 0.15) is 22.3 Å². The Hall–Kier alpha value is -2.87. The van der Waals surface area contributed by atoms with E-state index in [4.69, 9.17) is 4.74 Å². The van der Waals surface area contributed by atoms with E-state index in [-0.39, 0.29) is 10.6 Å². The van der Waals surface area contributed by atoms with Gasteiger partial charge in [-0.05, 0) is 31.2 Å². The predicted molar refractivity (Wildman–Crippen MR) is 89.9 cm³/mol. The van der Waals surface area contributed by atoms with Crippen LogP contribution in [0.3, 0.4) is 0 Å². The van der Waals surface area contributed by atoms with Gasteiger partial charge in [0.05, 0.1) is 19.0 Å². The van der Waals surface area contributed by atoms with Gasteiger partial charge in [-0.25, -0.2) is 18.4 Å². The van der Waals surface area contributed by atoms with E-state index in [0.29, 0.717) is 11.5 Å². The maximum atomic E-state index is 12.5. The maximum absolute atomic E-state index is 12.5. The lowest BCUT2D eigenvalue weighted by atomic mass is 10.3. The lowest BCUT2D eigenvalue weighted by Gasteiger charge is -2.11. The van der Waals surface area contributed by atoms with Crippen LogP contribution < -0.4 is 9.46 Å². The summed E-state index contributed by atoms with van der Waals surface area (Å²) in [5.74, 6) is 1.73. The highest BCUT2D eigenvalue weighted by molar-refractivity contribution is 7.92. The van der Waals surface area contributed by atoms with E-state index < -0.39 is 10.0 Å².